The Kier molecular flexibility index (Phi) is 4.55. The first kappa shape index (κ1) is 13.6. The molecule has 0 unspecified atom stereocenters. The zero-order valence-electron chi connectivity index (χ0n) is 10.2. The Labute approximate surface area is 116 Å². The molecule has 0 radical (unpaired) electrons. The van der Waals surface area contributed by atoms with Crippen LogP contribution in [0.5, 0.6) is 5.75 Å². The van der Waals surface area contributed by atoms with Gasteiger partial charge in [0.1, 0.15) is 19.0 Å². The van der Waals surface area contributed by atoms with Crippen LogP contribution < -0.4 is 4.74 Å². The smallest absolute Gasteiger partial charge is 0.188 e. The highest BCUT2D eigenvalue weighted by molar-refractivity contribution is 6.32. The number of benzene rings is 2. The van der Waals surface area contributed by atoms with Gasteiger partial charge in [0.2, 0.25) is 0 Å². The van der Waals surface area contributed by atoms with E-state index in [4.69, 9.17) is 21.4 Å². The van der Waals surface area contributed by atoms with Gasteiger partial charge >= 0.3 is 0 Å². The van der Waals surface area contributed by atoms with Gasteiger partial charge in [-0.15, -0.1) is 0 Å². The second kappa shape index (κ2) is 6.36. The molecule has 0 spiro atoms. The Morgan fingerprint density at radius 2 is 1.89 bits per heavy atom. The van der Waals surface area contributed by atoms with Crippen molar-refractivity contribution in [1.29, 1.82) is 0 Å². The van der Waals surface area contributed by atoms with Crippen molar-refractivity contribution in [2.75, 3.05) is 6.61 Å². The number of rotatable bonds is 5. The lowest BCUT2D eigenvalue weighted by molar-refractivity contribution is 0.0903. The Bertz CT molecular complexity index is 567. The topological polar surface area (TPSA) is 46.5 Å². The zero-order valence-corrected chi connectivity index (χ0v) is 10.9. The minimum absolute atomic E-state index is 0.357. The van der Waals surface area contributed by atoms with Gasteiger partial charge in [-0.05, 0) is 23.8 Å². The van der Waals surface area contributed by atoms with Crippen LogP contribution in [-0.2, 0) is 6.61 Å². The number of halogens is 1. The molecule has 0 aliphatic rings. The van der Waals surface area contributed by atoms with E-state index >= 15 is 0 Å². The number of hydrogen-bond donors (Lipinski definition) is 1. The Balaban J connectivity index is 2.07. The molecule has 0 aliphatic carbocycles. The van der Waals surface area contributed by atoms with E-state index in [1.54, 1.807) is 12.1 Å². The maximum atomic E-state index is 11.3. The summed E-state index contributed by atoms with van der Waals surface area (Å²) in [4.78, 5) is 11.3. The number of aliphatic hydroxyl groups is 1. The average Bonchev–Trinajstić information content (AvgIpc) is 2.46. The van der Waals surface area contributed by atoms with Crippen molar-refractivity contribution >= 4 is 17.4 Å². The summed E-state index contributed by atoms with van der Waals surface area (Å²) in [6, 6.07) is 14.4. The first-order chi connectivity index (χ1) is 9.20. The van der Waals surface area contributed by atoms with Crippen molar-refractivity contribution in [1.82, 2.24) is 0 Å². The molecule has 2 aromatic carbocycles. The van der Waals surface area contributed by atoms with E-state index in [0.717, 1.165) is 5.56 Å². The third-order valence-electron chi connectivity index (χ3n) is 2.63. The minimum atomic E-state index is -0.527. The highest BCUT2D eigenvalue weighted by Crippen LogP contribution is 2.26. The Hall–Kier alpha value is -1.84. The van der Waals surface area contributed by atoms with Gasteiger partial charge in [0.25, 0.3) is 0 Å². The summed E-state index contributed by atoms with van der Waals surface area (Å²) in [7, 11) is 0. The summed E-state index contributed by atoms with van der Waals surface area (Å²) in [6.45, 7) is -0.117. The van der Waals surface area contributed by atoms with Crippen LogP contribution in [0, 0.1) is 0 Å². The molecule has 0 atom stereocenters. The van der Waals surface area contributed by atoms with E-state index in [2.05, 4.69) is 0 Å². The lowest BCUT2D eigenvalue weighted by atomic mass is 10.1. The third kappa shape index (κ3) is 3.56. The van der Waals surface area contributed by atoms with Crippen LogP contribution in [0.15, 0.2) is 48.5 Å². The summed E-state index contributed by atoms with van der Waals surface area (Å²) >= 11 is 6.04. The van der Waals surface area contributed by atoms with E-state index in [1.165, 1.54) is 6.07 Å². The van der Waals surface area contributed by atoms with Crippen molar-refractivity contribution in [2.45, 2.75) is 6.61 Å². The molecule has 0 amide bonds. The fourth-order valence-electron chi connectivity index (χ4n) is 1.62. The van der Waals surface area contributed by atoms with Crippen LogP contribution in [0.1, 0.15) is 15.9 Å². The molecule has 3 nitrogen and oxygen atoms in total. The second-order valence-electron chi connectivity index (χ2n) is 4.00. The highest BCUT2D eigenvalue weighted by atomic mass is 35.5. The molecule has 98 valence electrons. The molecule has 2 rings (SSSR count). The highest BCUT2D eigenvalue weighted by Gasteiger charge is 2.08. The van der Waals surface area contributed by atoms with E-state index in [1.807, 2.05) is 30.3 Å². The van der Waals surface area contributed by atoms with Crippen molar-refractivity contribution in [3.63, 3.8) is 0 Å². The largest absolute Gasteiger partial charge is 0.487 e. The molecular formula is C15H13ClO3. The first-order valence-electron chi connectivity index (χ1n) is 5.81. The molecule has 1 N–H and O–H groups in total. The number of hydrogen-bond acceptors (Lipinski definition) is 3. The molecule has 19 heavy (non-hydrogen) atoms. The molecular weight excluding hydrogens is 264 g/mol. The molecule has 2 aromatic rings. The van der Waals surface area contributed by atoms with Crippen LogP contribution >= 0.6 is 11.6 Å². The van der Waals surface area contributed by atoms with Crippen molar-refractivity contribution in [3.05, 3.63) is 64.7 Å². The van der Waals surface area contributed by atoms with Gasteiger partial charge in [0, 0.05) is 5.56 Å². The number of aliphatic hydroxyl groups excluding tert-OH is 1. The number of ketones is 1. The summed E-state index contributed by atoms with van der Waals surface area (Å²) in [5.74, 6) is 0.150. The molecule has 0 aromatic heterocycles. The van der Waals surface area contributed by atoms with Crippen LogP contribution in [0.3, 0.4) is 0 Å². The number of carbonyl (C=O) groups excluding carboxylic acids is 1. The predicted octanol–water partition coefficient (Wildman–Crippen LogP) is 3.09. The van der Waals surface area contributed by atoms with E-state index in [0.29, 0.717) is 22.9 Å². The van der Waals surface area contributed by atoms with Crippen molar-refractivity contribution in [3.8, 4) is 5.75 Å². The number of Topliss-reactive ketones (excluding diaryl/α,β-unsaturated/α-hetero) is 1. The lowest BCUT2D eigenvalue weighted by Gasteiger charge is -2.09. The molecule has 4 heteroatoms. The van der Waals surface area contributed by atoms with Gasteiger partial charge in [-0.3, -0.25) is 4.79 Å². The van der Waals surface area contributed by atoms with E-state index < -0.39 is 6.61 Å². The average molecular weight is 277 g/mol. The fraction of sp³-hybridized carbons (Fsp3) is 0.133. The molecule has 0 fully saturated rings. The summed E-state index contributed by atoms with van der Waals surface area (Å²) in [6.07, 6.45) is 0. The van der Waals surface area contributed by atoms with Crippen molar-refractivity contribution < 1.29 is 14.6 Å². The quantitative estimate of drug-likeness (QED) is 0.854. The van der Waals surface area contributed by atoms with Gasteiger partial charge < -0.3 is 9.84 Å². The van der Waals surface area contributed by atoms with Crippen LogP contribution in [-0.4, -0.2) is 17.5 Å². The zero-order chi connectivity index (χ0) is 13.7. The summed E-state index contributed by atoms with van der Waals surface area (Å²) < 4.78 is 5.59. The van der Waals surface area contributed by atoms with E-state index in [9.17, 15) is 4.79 Å². The second-order valence-corrected chi connectivity index (χ2v) is 4.41. The Morgan fingerprint density at radius 1 is 1.16 bits per heavy atom. The van der Waals surface area contributed by atoms with Crippen LogP contribution in [0.4, 0.5) is 0 Å². The first-order valence-corrected chi connectivity index (χ1v) is 6.19. The van der Waals surface area contributed by atoms with Gasteiger partial charge in [-0.2, -0.15) is 0 Å². The third-order valence-corrected chi connectivity index (χ3v) is 2.93. The van der Waals surface area contributed by atoms with Crippen molar-refractivity contribution in [2.24, 2.45) is 0 Å². The summed E-state index contributed by atoms with van der Waals surface area (Å²) in [5.41, 5.74) is 1.41. The van der Waals surface area contributed by atoms with Gasteiger partial charge in [-0.1, -0.05) is 41.9 Å². The molecule has 0 bridgehead atoms. The minimum Gasteiger partial charge on any atom is -0.487 e. The van der Waals surface area contributed by atoms with Gasteiger partial charge in [0.15, 0.2) is 5.78 Å². The number of ether oxygens (including phenoxy) is 1. The normalized spacial score (nSPS) is 10.2. The molecule has 0 aliphatic heterocycles. The molecule has 0 saturated heterocycles. The lowest BCUT2D eigenvalue weighted by Crippen LogP contribution is -2.04. The maximum absolute atomic E-state index is 11.3. The summed E-state index contributed by atoms with van der Waals surface area (Å²) in [5, 5.41) is 9.13. The monoisotopic (exact) mass is 276 g/mol. The molecule has 0 saturated carbocycles. The van der Waals surface area contributed by atoms with E-state index in [-0.39, 0.29) is 5.78 Å². The van der Waals surface area contributed by atoms with Gasteiger partial charge in [-0.25, -0.2) is 0 Å². The standard InChI is InChI=1S/C15H13ClO3/c16-13-8-12(14(18)9-17)6-7-15(13)19-10-11-4-2-1-3-5-11/h1-8,17H,9-10H2. The predicted molar refractivity (Wildman–Crippen MR) is 73.6 cm³/mol. The van der Waals surface area contributed by atoms with Crippen LogP contribution in [0.25, 0.3) is 0 Å². The Morgan fingerprint density at radius 3 is 2.53 bits per heavy atom. The SMILES string of the molecule is O=C(CO)c1ccc(OCc2ccccc2)c(Cl)c1. The van der Waals surface area contributed by atoms with Gasteiger partial charge in [0.05, 0.1) is 5.02 Å². The maximum Gasteiger partial charge on any atom is 0.188 e. The fourth-order valence-corrected chi connectivity index (χ4v) is 1.85. The van der Waals surface area contributed by atoms with Crippen LogP contribution in [0.2, 0.25) is 5.02 Å². The number of carbonyl (C=O) groups is 1. The molecule has 0 heterocycles.